The molecule has 0 aliphatic carbocycles. The van der Waals surface area contributed by atoms with Crippen LogP contribution in [-0.4, -0.2) is 42.1 Å². The van der Waals surface area contributed by atoms with Gasteiger partial charge in [0.2, 0.25) is 0 Å². The minimum atomic E-state index is 0.0770. The van der Waals surface area contributed by atoms with Gasteiger partial charge in [0.15, 0.2) is 0 Å². The maximum Gasteiger partial charge on any atom is 0.0306 e. The van der Waals surface area contributed by atoms with Crippen LogP contribution in [0.2, 0.25) is 0 Å². The maximum atomic E-state index is 6.09. The van der Waals surface area contributed by atoms with Crippen molar-refractivity contribution in [3.63, 3.8) is 0 Å². The molecule has 1 aromatic carbocycles. The van der Waals surface area contributed by atoms with Crippen molar-refractivity contribution in [2.24, 2.45) is 5.73 Å². The number of hydrogen-bond acceptors (Lipinski definition) is 3. The van der Waals surface area contributed by atoms with Crippen molar-refractivity contribution < 1.29 is 0 Å². The van der Waals surface area contributed by atoms with E-state index in [-0.39, 0.29) is 5.54 Å². The molecule has 0 aliphatic rings. The first kappa shape index (κ1) is 17.5. The summed E-state index contributed by atoms with van der Waals surface area (Å²) in [7, 11) is 2.23. The highest BCUT2D eigenvalue weighted by atomic mass is 32.2. The van der Waals surface area contributed by atoms with Crippen LogP contribution < -0.4 is 5.73 Å². The Labute approximate surface area is 129 Å². The summed E-state index contributed by atoms with van der Waals surface area (Å²) >= 11 is 1.92. The van der Waals surface area contributed by atoms with Gasteiger partial charge in [0.05, 0.1) is 0 Å². The summed E-state index contributed by atoms with van der Waals surface area (Å²) in [6.07, 6.45) is 5.59. The van der Waals surface area contributed by atoms with Crippen LogP contribution in [0.3, 0.4) is 0 Å². The molecule has 0 radical (unpaired) electrons. The molecule has 0 amide bonds. The van der Waals surface area contributed by atoms with Crippen LogP contribution in [0.5, 0.6) is 0 Å². The lowest BCUT2D eigenvalue weighted by molar-refractivity contribution is 0.0907. The second-order valence-corrected chi connectivity index (χ2v) is 6.91. The average molecular weight is 295 g/mol. The highest BCUT2D eigenvalue weighted by Gasteiger charge is 2.30. The lowest BCUT2D eigenvalue weighted by Crippen LogP contribution is -2.53. The fourth-order valence-electron chi connectivity index (χ4n) is 2.49. The van der Waals surface area contributed by atoms with Gasteiger partial charge in [0.1, 0.15) is 0 Å². The number of thioether (sulfide) groups is 1. The molecule has 20 heavy (non-hydrogen) atoms. The Balaban J connectivity index is 2.60. The lowest BCUT2D eigenvalue weighted by atomic mass is 9.90. The largest absolute Gasteiger partial charge is 0.329 e. The number of likely N-dealkylation sites (N-methyl/N-ethyl adjacent to an activating group) is 1. The second-order valence-electron chi connectivity index (χ2n) is 5.93. The minimum Gasteiger partial charge on any atom is -0.329 e. The van der Waals surface area contributed by atoms with E-state index in [0.717, 1.165) is 12.8 Å². The molecule has 1 aromatic rings. The summed E-state index contributed by atoms with van der Waals surface area (Å²) in [5, 5.41) is 0. The molecule has 0 fully saturated rings. The van der Waals surface area contributed by atoms with Crippen molar-refractivity contribution in [3.8, 4) is 0 Å². The van der Waals surface area contributed by atoms with Crippen molar-refractivity contribution in [2.45, 2.75) is 44.7 Å². The van der Waals surface area contributed by atoms with Crippen molar-refractivity contribution in [1.29, 1.82) is 0 Å². The smallest absolute Gasteiger partial charge is 0.0306 e. The van der Waals surface area contributed by atoms with Crippen molar-refractivity contribution in [3.05, 3.63) is 35.9 Å². The molecule has 2 atom stereocenters. The van der Waals surface area contributed by atoms with E-state index in [0.29, 0.717) is 12.6 Å². The van der Waals surface area contributed by atoms with Gasteiger partial charge in [0.25, 0.3) is 0 Å². The predicted molar refractivity (Wildman–Crippen MR) is 92.4 cm³/mol. The molecule has 0 saturated heterocycles. The first-order valence-corrected chi connectivity index (χ1v) is 8.88. The van der Waals surface area contributed by atoms with E-state index < -0.39 is 0 Å². The van der Waals surface area contributed by atoms with E-state index >= 15 is 0 Å². The normalized spacial score (nSPS) is 16.1. The van der Waals surface area contributed by atoms with Gasteiger partial charge >= 0.3 is 0 Å². The summed E-state index contributed by atoms with van der Waals surface area (Å²) < 4.78 is 0. The fourth-order valence-corrected chi connectivity index (χ4v) is 3.07. The second kappa shape index (κ2) is 8.71. The van der Waals surface area contributed by atoms with Crippen LogP contribution in [0.15, 0.2) is 30.3 Å². The number of rotatable bonds is 9. The first-order valence-electron chi connectivity index (χ1n) is 7.49. The van der Waals surface area contributed by atoms with Crippen LogP contribution >= 0.6 is 11.8 Å². The molecule has 0 aromatic heterocycles. The highest BCUT2D eigenvalue weighted by Crippen LogP contribution is 2.23. The van der Waals surface area contributed by atoms with E-state index in [1.807, 2.05) is 11.8 Å². The van der Waals surface area contributed by atoms with E-state index in [9.17, 15) is 0 Å². The van der Waals surface area contributed by atoms with E-state index in [1.165, 1.54) is 17.7 Å². The predicted octanol–water partition coefficient (Wildman–Crippen LogP) is 3.41. The summed E-state index contributed by atoms with van der Waals surface area (Å²) in [6, 6.07) is 11.3. The topological polar surface area (TPSA) is 29.3 Å². The van der Waals surface area contributed by atoms with Crippen LogP contribution in [-0.2, 0) is 6.42 Å². The molecule has 0 bridgehead atoms. The Bertz CT molecular complexity index is 369. The Kier molecular flexibility index (Phi) is 7.63. The summed E-state index contributed by atoms with van der Waals surface area (Å²) in [5.74, 6) is 1.21. The SMILES string of the molecule is CSCCC(C)N(C)C(C)(CN)CCc1ccccc1. The summed E-state index contributed by atoms with van der Waals surface area (Å²) in [5.41, 5.74) is 7.57. The molecule has 1 rings (SSSR count). The summed E-state index contributed by atoms with van der Waals surface area (Å²) in [6.45, 7) is 5.32. The molecule has 114 valence electrons. The third-order valence-electron chi connectivity index (χ3n) is 4.49. The molecular weight excluding hydrogens is 264 g/mol. The van der Waals surface area contributed by atoms with Crippen LogP contribution in [0.25, 0.3) is 0 Å². The van der Waals surface area contributed by atoms with E-state index in [2.05, 4.69) is 62.4 Å². The molecule has 0 spiro atoms. The molecular formula is C17H30N2S. The minimum absolute atomic E-state index is 0.0770. The monoisotopic (exact) mass is 294 g/mol. The number of hydrogen-bond donors (Lipinski definition) is 1. The van der Waals surface area contributed by atoms with Crippen LogP contribution in [0.4, 0.5) is 0 Å². The molecule has 3 heteroatoms. The molecule has 2 nitrogen and oxygen atoms in total. The Morgan fingerprint density at radius 2 is 1.95 bits per heavy atom. The van der Waals surface area contributed by atoms with Gasteiger partial charge in [-0.15, -0.1) is 0 Å². The van der Waals surface area contributed by atoms with Gasteiger partial charge in [-0.05, 0) is 57.7 Å². The van der Waals surface area contributed by atoms with Gasteiger partial charge in [-0.1, -0.05) is 30.3 Å². The number of nitrogens with two attached hydrogens (primary N) is 1. The fraction of sp³-hybridized carbons (Fsp3) is 0.647. The van der Waals surface area contributed by atoms with Gasteiger partial charge < -0.3 is 5.73 Å². The Morgan fingerprint density at radius 3 is 2.50 bits per heavy atom. The molecule has 0 heterocycles. The number of benzene rings is 1. The Morgan fingerprint density at radius 1 is 1.30 bits per heavy atom. The van der Waals surface area contributed by atoms with Gasteiger partial charge in [-0.2, -0.15) is 11.8 Å². The molecule has 2 N–H and O–H groups in total. The molecule has 0 aliphatic heterocycles. The number of nitrogens with zero attached hydrogens (tertiary/aromatic N) is 1. The first-order chi connectivity index (χ1) is 9.53. The molecule has 0 saturated carbocycles. The van der Waals surface area contributed by atoms with Gasteiger partial charge in [-0.3, -0.25) is 4.90 Å². The summed E-state index contributed by atoms with van der Waals surface area (Å²) in [4.78, 5) is 2.48. The number of aryl methyl sites for hydroxylation is 1. The quantitative estimate of drug-likeness (QED) is 0.757. The van der Waals surface area contributed by atoms with E-state index in [1.54, 1.807) is 0 Å². The lowest BCUT2D eigenvalue weighted by Gasteiger charge is -2.42. The Hall–Kier alpha value is -0.510. The van der Waals surface area contributed by atoms with E-state index in [4.69, 9.17) is 5.73 Å². The van der Waals surface area contributed by atoms with Crippen LogP contribution in [0, 0.1) is 0 Å². The third-order valence-corrected chi connectivity index (χ3v) is 5.13. The zero-order valence-corrected chi connectivity index (χ0v) is 14.2. The van der Waals surface area contributed by atoms with Gasteiger partial charge in [0, 0.05) is 18.1 Å². The zero-order valence-electron chi connectivity index (χ0n) is 13.4. The van der Waals surface area contributed by atoms with Crippen molar-refractivity contribution in [2.75, 3.05) is 25.6 Å². The standard InChI is InChI=1S/C17H30N2S/c1-15(11-13-20-4)19(3)17(2,14-18)12-10-16-8-6-5-7-9-16/h5-9,15H,10-14,18H2,1-4H3. The van der Waals surface area contributed by atoms with Crippen molar-refractivity contribution >= 4 is 11.8 Å². The third kappa shape index (κ3) is 5.12. The van der Waals surface area contributed by atoms with Crippen LogP contribution in [0.1, 0.15) is 32.3 Å². The average Bonchev–Trinajstić information content (AvgIpc) is 2.50. The zero-order chi connectivity index (χ0) is 15.0. The van der Waals surface area contributed by atoms with Gasteiger partial charge in [-0.25, -0.2) is 0 Å². The van der Waals surface area contributed by atoms with Crippen molar-refractivity contribution in [1.82, 2.24) is 4.90 Å². The highest BCUT2D eigenvalue weighted by molar-refractivity contribution is 7.98. The maximum absolute atomic E-state index is 6.09. The molecule has 2 unspecified atom stereocenters.